The number of unbranched alkanes of at least 4 members (excludes halogenated alkanes) is 1. The summed E-state index contributed by atoms with van der Waals surface area (Å²) in [4.78, 5) is 5.72. The quantitative estimate of drug-likeness (QED) is 0.113. The Balaban J connectivity index is 2.46. The highest BCUT2D eigenvalue weighted by atomic mass is 16.5. The van der Waals surface area contributed by atoms with Crippen LogP contribution in [0.3, 0.4) is 0 Å². The van der Waals surface area contributed by atoms with Gasteiger partial charge in [-0.2, -0.15) is 0 Å². The van der Waals surface area contributed by atoms with E-state index in [1.54, 1.807) is 7.11 Å². The zero-order valence-corrected chi connectivity index (χ0v) is 14.8. The van der Waals surface area contributed by atoms with E-state index in [4.69, 9.17) is 32.4 Å². The highest BCUT2D eigenvalue weighted by Crippen LogP contribution is 2.24. The van der Waals surface area contributed by atoms with Gasteiger partial charge in [-0.05, 0) is 37.6 Å². The third-order valence-electron chi connectivity index (χ3n) is 3.38. The van der Waals surface area contributed by atoms with Gasteiger partial charge in [0, 0.05) is 12.1 Å². The lowest BCUT2D eigenvalue weighted by atomic mass is 10.2. The van der Waals surface area contributed by atoms with Gasteiger partial charge in [-0.1, -0.05) is 0 Å². The zero-order valence-electron chi connectivity index (χ0n) is 14.8. The van der Waals surface area contributed by atoms with Crippen molar-refractivity contribution in [3.8, 4) is 11.5 Å². The molecule has 9 heteroatoms. The molecule has 1 aromatic carbocycles. The van der Waals surface area contributed by atoms with Gasteiger partial charge in [-0.15, -0.1) is 0 Å². The molecule has 0 saturated carbocycles. The number of rotatable bonds is 12. The van der Waals surface area contributed by atoms with Crippen LogP contribution in [0.1, 0.15) is 18.4 Å². The molecule has 0 aliphatic rings. The maximum atomic E-state index is 5.79. The Bertz CT molecular complexity index is 568. The first-order valence-corrected chi connectivity index (χ1v) is 8.27. The van der Waals surface area contributed by atoms with Crippen LogP contribution in [0.5, 0.6) is 11.5 Å². The van der Waals surface area contributed by atoms with Crippen molar-refractivity contribution in [1.82, 2.24) is 5.32 Å². The van der Waals surface area contributed by atoms with Gasteiger partial charge in [0.05, 0.1) is 20.2 Å². The molecule has 0 spiro atoms. The van der Waals surface area contributed by atoms with Crippen molar-refractivity contribution in [2.45, 2.75) is 19.4 Å². The number of hydrogen-bond acceptors (Lipinski definition) is 3. The van der Waals surface area contributed by atoms with E-state index in [9.17, 15) is 0 Å². The van der Waals surface area contributed by atoms with E-state index in [0.29, 0.717) is 19.7 Å². The van der Waals surface area contributed by atoms with Crippen molar-refractivity contribution >= 4 is 11.9 Å². The summed E-state index contributed by atoms with van der Waals surface area (Å²) in [5.41, 5.74) is 22.4. The van der Waals surface area contributed by atoms with E-state index in [1.165, 1.54) is 0 Å². The summed E-state index contributed by atoms with van der Waals surface area (Å²) in [7, 11) is 1.64. The molecule has 0 aliphatic carbocycles. The van der Waals surface area contributed by atoms with Crippen LogP contribution in [0.15, 0.2) is 18.2 Å². The molecule has 0 aliphatic heterocycles. The smallest absolute Gasteiger partial charge is 0.338 e. The second-order valence-electron chi connectivity index (χ2n) is 5.47. The Morgan fingerprint density at radius 3 is 2.44 bits per heavy atom. The SMILES string of the molecule is COc1ccc(OCC[NH+]=C(N)N)c(CNCCCC[NH+]=C(N)N)c1. The summed E-state index contributed by atoms with van der Waals surface area (Å²) in [6.07, 6.45) is 1.99. The Labute approximate surface area is 148 Å². The van der Waals surface area contributed by atoms with Crippen molar-refractivity contribution in [3.05, 3.63) is 23.8 Å². The molecule has 25 heavy (non-hydrogen) atoms. The number of methoxy groups -OCH3 is 1. The van der Waals surface area contributed by atoms with Crippen LogP contribution in [-0.4, -0.2) is 45.3 Å². The van der Waals surface area contributed by atoms with E-state index >= 15 is 0 Å². The molecule has 1 aromatic rings. The molecule has 0 atom stereocenters. The van der Waals surface area contributed by atoms with Crippen LogP contribution in [-0.2, 0) is 6.54 Å². The first kappa shape index (κ1) is 20.4. The van der Waals surface area contributed by atoms with Gasteiger partial charge < -0.3 is 14.8 Å². The third-order valence-corrected chi connectivity index (χ3v) is 3.38. The fourth-order valence-electron chi connectivity index (χ4n) is 2.15. The van der Waals surface area contributed by atoms with Gasteiger partial charge in [0.2, 0.25) is 0 Å². The van der Waals surface area contributed by atoms with Gasteiger partial charge in [0.15, 0.2) is 0 Å². The summed E-state index contributed by atoms with van der Waals surface area (Å²) >= 11 is 0. The summed E-state index contributed by atoms with van der Waals surface area (Å²) < 4.78 is 11.1. The summed E-state index contributed by atoms with van der Waals surface area (Å²) in [5, 5.41) is 3.40. The monoisotopic (exact) mass is 353 g/mol. The lowest BCUT2D eigenvalue weighted by molar-refractivity contribution is -0.461. The number of benzene rings is 1. The molecule has 0 radical (unpaired) electrons. The molecule has 11 N–H and O–H groups in total. The lowest BCUT2D eigenvalue weighted by Gasteiger charge is -2.13. The van der Waals surface area contributed by atoms with Crippen molar-refractivity contribution in [2.24, 2.45) is 22.9 Å². The van der Waals surface area contributed by atoms with E-state index in [-0.39, 0.29) is 11.9 Å². The van der Waals surface area contributed by atoms with Crippen LogP contribution in [0.4, 0.5) is 0 Å². The van der Waals surface area contributed by atoms with Crippen LogP contribution < -0.4 is 47.7 Å². The number of ether oxygens (including phenoxy) is 2. The van der Waals surface area contributed by atoms with Gasteiger partial charge in [-0.3, -0.25) is 32.9 Å². The number of nitrogens with one attached hydrogen (secondary N) is 3. The van der Waals surface area contributed by atoms with Crippen LogP contribution in [0, 0.1) is 0 Å². The van der Waals surface area contributed by atoms with E-state index < -0.39 is 0 Å². The minimum atomic E-state index is 0.184. The van der Waals surface area contributed by atoms with Crippen molar-refractivity contribution < 1.29 is 19.5 Å². The predicted molar refractivity (Wildman–Crippen MR) is 97.9 cm³/mol. The Morgan fingerprint density at radius 2 is 1.76 bits per heavy atom. The Kier molecular flexibility index (Phi) is 9.61. The fraction of sp³-hybridized carbons (Fsp3) is 0.500. The maximum Gasteiger partial charge on any atom is 0.338 e. The average molecular weight is 353 g/mol. The Hall–Kier alpha value is -2.68. The third kappa shape index (κ3) is 9.26. The van der Waals surface area contributed by atoms with Crippen LogP contribution in [0.2, 0.25) is 0 Å². The van der Waals surface area contributed by atoms with Gasteiger partial charge in [0.25, 0.3) is 0 Å². The average Bonchev–Trinajstić information content (AvgIpc) is 2.58. The van der Waals surface area contributed by atoms with Gasteiger partial charge in [-0.25, -0.2) is 0 Å². The van der Waals surface area contributed by atoms with E-state index in [0.717, 1.165) is 43.0 Å². The second-order valence-corrected chi connectivity index (χ2v) is 5.47. The normalized spacial score (nSPS) is 10.1. The van der Waals surface area contributed by atoms with Crippen molar-refractivity contribution in [1.29, 1.82) is 0 Å². The molecule has 0 saturated heterocycles. The highest BCUT2D eigenvalue weighted by molar-refractivity contribution is 5.69. The Morgan fingerprint density at radius 1 is 1.04 bits per heavy atom. The molecule has 0 fully saturated rings. The summed E-state index contributed by atoms with van der Waals surface area (Å²) in [6, 6.07) is 5.73. The summed E-state index contributed by atoms with van der Waals surface area (Å²) in [6.45, 7) is 3.33. The molecule has 0 unspecified atom stereocenters. The minimum absolute atomic E-state index is 0.184. The van der Waals surface area contributed by atoms with Gasteiger partial charge in [0.1, 0.15) is 18.1 Å². The van der Waals surface area contributed by atoms with Crippen molar-refractivity contribution in [3.63, 3.8) is 0 Å². The number of guanidine groups is 2. The highest BCUT2D eigenvalue weighted by Gasteiger charge is 2.06. The largest absolute Gasteiger partial charge is 0.497 e. The molecule has 0 aromatic heterocycles. The molecule has 1 rings (SSSR count). The minimum Gasteiger partial charge on any atom is -0.497 e. The number of nitrogens with two attached hydrogens (primary N) is 4. The van der Waals surface area contributed by atoms with Crippen LogP contribution in [0.25, 0.3) is 0 Å². The molecule has 0 bridgehead atoms. The second kappa shape index (κ2) is 11.8. The zero-order chi connectivity index (χ0) is 18.5. The molecule has 9 nitrogen and oxygen atoms in total. The molecule has 0 amide bonds. The first-order valence-electron chi connectivity index (χ1n) is 8.27. The fourth-order valence-corrected chi connectivity index (χ4v) is 2.15. The molecule has 140 valence electrons. The standard InChI is InChI=1S/C16H29N7O2/c1-24-13-4-5-14(25-9-8-23-16(19)20)12(10-13)11-21-6-2-3-7-22-15(17)18/h4-5,10,21H,2-3,6-9,11H2,1H3,(H4,17,18,22)(H4,19,20,23)/p+2. The molecular weight excluding hydrogens is 322 g/mol. The summed E-state index contributed by atoms with van der Waals surface area (Å²) in [5.74, 6) is 2.04. The van der Waals surface area contributed by atoms with E-state index in [2.05, 4.69) is 15.3 Å². The van der Waals surface area contributed by atoms with E-state index in [1.807, 2.05) is 18.2 Å². The maximum absolute atomic E-state index is 5.79. The molecule has 0 heterocycles. The van der Waals surface area contributed by atoms with Crippen LogP contribution >= 0.6 is 0 Å². The van der Waals surface area contributed by atoms with Crippen molar-refractivity contribution in [2.75, 3.05) is 33.4 Å². The number of hydrogen-bond donors (Lipinski definition) is 7. The lowest BCUT2D eigenvalue weighted by Crippen LogP contribution is -2.79. The molecular formula is C16H31N7O2+2. The van der Waals surface area contributed by atoms with Gasteiger partial charge >= 0.3 is 11.9 Å². The predicted octanol–water partition coefficient (Wildman–Crippen LogP) is -4.35. The topological polar surface area (TPSA) is 163 Å². The first-order chi connectivity index (χ1) is 12.0.